The third-order valence-corrected chi connectivity index (χ3v) is 6.06. The molecule has 1 aromatic rings. The molecule has 2 atom stereocenters. The summed E-state index contributed by atoms with van der Waals surface area (Å²) in [4.78, 5) is 26.9. The lowest BCUT2D eigenvalue weighted by Gasteiger charge is -2.39. The Morgan fingerprint density at radius 1 is 1.29 bits per heavy atom. The van der Waals surface area contributed by atoms with Crippen molar-refractivity contribution in [2.75, 3.05) is 26.8 Å². The number of amides is 1. The van der Waals surface area contributed by atoms with E-state index in [1.807, 2.05) is 25.2 Å². The van der Waals surface area contributed by atoms with Gasteiger partial charge in [0.2, 0.25) is 13.9 Å². The molecule has 35 heavy (non-hydrogen) atoms. The van der Waals surface area contributed by atoms with Gasteiger partial charge in [0.15, 0.2) is 0 Å². The SMILES string of the molecule is [B]N1C=CC=CC1(C)NCCCOc1ccc2c(c1)CN(CC(F)(F)F)C(=O)C(CC(=O)OC)C2. The van der Waals surface area contributed by atoms with Gasteiger partial charge in [0.05, 0.1) is 31.7 Å². The molecule has 7 nitrogen and oxygen atoms in total. The molecule has 2 radical (unpaired) electrons. The van der Waals surface area contributed by atoms with Crippen molar-refractivity contribution in [2.45, 2.75) is 44.6 Å². The predicted octanol–water partition coefficient (Wildman–Crippen LogP) is 2.86. The number of allylic oxidation sites excluding steroid dienone is 2. The van der Waals surface area contributed by atoms with Crippen molar-refractivity contribution < 1.29 is 32.2 Å². The van der Waals surface area contributed by atoms with E-state index in [2.05, 4.69) is 10.1 Å². The zero-order valence-corrected chi connectivity index (χ0v) is 19.8. The van der Waals surface area contributed by atoms with Crippen LogP contribution in [0.2, 0.25) is 0 Å². The molecule has 1 N–H and O–H groups in total. The molecule has 0 spiro atoms. The fourth-order valence-electron chi connectivity index (χ4n) is 4.11. The summed E-state index contributed by atoms with van der Waals surface area (Å²) in [6.45, 7) is 1.34. The van der Waals surface area contributed by atoms with Crippen molar-refractivity contribution >= 4 is 19.9 Å². The highest BCUT2D eigenvalue weighted by Gasteiger charge is 2.38. The first-order chi connectivity index (χ1) is 16.5. The number of hydrogen-bond acceptors (Lipinski definition) is 6. The highest BCUT2D eigenvalue weighted by atomic mass is 19.4. The first-order valence-corrected chi connectivity index (χ1v) is 11.3. The van der Waals surface area contributed by atoms with E-state index in [4.69, 9.17) is 12.7 Å². The summed E-state index contributed by atoms with van der Waals surface area (Å²) in [7, 11) is 7.16. The second-order valence-electron chi connectivity index (χ2n) is 8.81. The Labute approximate surface area is 204 Å². The Bertz CT molecular complexity index is 985. The predicted molar refractivity (Wildman–Crippen MR) is 124 cm³/mol. The van der Waals surface area contributed by atoms with Crippen LogP contribution < -0.4 is 10.1 Å². The molecule has 3 rings (SSSR count). The standard InChI is InChI=1S/C24H29BF3N3O4/c1-23(8-3-4-10-31(23)25)29-9-5-11-35-20-7-6-17-12-18(14-21(32)34-2)22(33)30(15-19(17)13-20)16-24(26,27)28/h3-4,6-8,10,13,18,29H,5,9,11-12,14-16H2,1-2H3. The average molecular weight is 491 g/mol. The van der Waals surface area contributed by atoms with E-state index in [0.29, 0.717) is 36.4 Å². The number of alkyl halides is 3. The molecule has 2 unspecified atom stereocenters. The van der Waals surface area contributed by atoms with E-state index in [1.165, 1.54) is 7.11 Å². The smallest absolute Gasteiger partial charge is 0.406 e. The van der Waals surface area contributed by atoms with Crippen molar-refractivity contribution in [3.63, 3.8) is 0 Å². The van der Waals surface area contributed by atoms with E-state index < -0.39 is 36.2 Å². The molecule has 2 aliphatic heterocycles. The highest BCUT2D eigenvalue weighted by Crippen LogP contribution is 2.30. The number of fused-ring (bicyclic) bond motifs is 1. The molecule has 0 aliphatic carbocycles. The monoisotopic (exact) mass is 491 g/mol. The Morgan fingerprint density at radius 2 is 2.06 bits per heavy atom. The van der Waals surface area contributed by atoms with Gasteiger partial charge in [-0.3, -0.25) is 14.9 Å². The summed E-state index contributed by atoms with van der Waals surface area (Å²) < 4.78 is 49.9. The van der Waals surface area contributed by atoms with Gasteiger partial charge in [0, 0.05) is 13.1 Å². The Hall–Kier alpha value is -2.95. The Balaban J connectivity index is 1.64. The molecule has 2 heterocycles. The highest BCUT2D eigenvalue weighted by molar-refractivity contribution is 6.06. The van der Waals surface area contributed by atoms with Crippen LogP contribution in [0, 0.1) is 5.92 Å². The summed E-state index contributed by atoms with van der Waals surface area (Å²) in [6.07, 6.45) is 3.44. The van der Waals surface area contributed by atoms with E-state index in [-0.39, 0.29) is 19.4 Å². The van der Waals surface area contributed by atoms with Gasteiger partial charge in [0.1, 0.15) is 12.3 Å². The van der Waals surface area contributed by atoms with Crippen molar-refractivity contribution in [1.29, 1.82) is 0 Å². The molecule has 0 saturated carbocycles. The number of nitrogens with one attached hydrogen (secondary N) is 1. The number of methoxy groups -OCH3 is 1. The molecule has 0 aromatic heterocycles. The van der Waals surface area contributed by atoms with Gasteiger partial charge in [0.25, 0.3) is 0 Å². The van der Waals surface area contributed by atoms with Gasteiger partial charge < -0.3 is 19.2 Å². The quantitative estimate of drug-likeness (QED) is 0.326. The fraction of sp³-hybridized carbons (Fsp3) is 0.500. The van der Waals surface area contributed by atoms with E-state index in [9.17, 15) is 22.8 Å². The Morgan fingerprint density at radius 3 is 2.74 bits per heavy atom. The van der Waals surface area contributed by atoms with Gasteiger partial charge >= 0.3 is 12.1 Å². The molecule has 0 saturated heterocycles. The summed E-state index contributed by atoms with van der Waals surface area (Å²) in [5.74, 6) is -1.78. The second-order valence-corrected chi connectivity index (χ2v) is 8.81. The first kappa shape index (κ1) is 26.7. The number of rotatable bonds is 9. The van der Waals surface area contributed by atoms with Crippen LogP contribution in [0.15, 0.2) is 42.6 Å². The molecule has 188 valence electrons. The number of nitrogens with zero attached hydrogens (tertiary/aromatic N) is 2. The third kappa shape index (κ3) is 7.27. The number of hydrogen-bond donors (Lipinski definition) is 1. The number of benzene rings is 1. The normalized spacial score (nSPS) is 22.1. The molecule has 0 bridgehead atoms. The lowest BCUT2D eigenvalue weighted by atomic mass is 9.94. The van der Waals surface area contributed by atoms with Gasteiger partial charge in [-0.15, -0.1) is 0 Å². The summed E-state index contributed by atoms with van der Waals surface area (Å²) in [6, 6.07) is 5.13. The average Bonchev–Trinajstić information content (AvgIpc) is 2.91. The molecule has 1 amide bonds. The summed E-state index contributed by atoms with van der Waals surface area (Å²) in [5.41, 5.74) is 0.767. The van der Waals surface area contributed by atoms with Crippen LogP contribution in [0.5, 0.6) is 5.75 Å². The van der Waals surface area contributed by atoms with E-state index in [1.54, 1.807) is 29.2 Å². The second kappa shape index (κ2) is 11.2. The van der Waals surface area contributed by atoms with Gasteiger partial charge in [-0.05, 0) is 61.4 Å². The summed E-state index contributed by atoms with van der Waals surface area (Å²) >= 11 is 0. The van der Waals surface area contributed by atoms with Gasteiger partial charge in [-0.1, -0.05) is 12.1 Å². The number of esters is 1. The van der Waals surface area contributed by atoms with Crippen LogP contribution in [0.3, 0.4) is 0 Å². The van der Waals surface area contributed by atoms with Gasteiger partial charge in [-0.25, -0.2) is 0 Å². The third-order valence-electron chi connectivity index (χ3n) is 6.06. The zero-order chi connectivity index (χ0) is 25.6. The summed E-state index contributed by atoms with van der Waals surface area (Å²) in [5, 5.41) is 3.34. The molecule has 1 aromatic carbocycles. The lowest BCUT2D eigenvalue weighted by molar-refractivity contribution is -0.165. The van der Waals surface area contributed by atoms with Gasteiger partial charge in [-0.2, -0.15) is 13.2 Å². The molecular formula is C24H29BF3N3O4. The first-order valence-electron chi connectivity index (χ1n) is 11.3. The minimum Gasteiger partial charge on any atom is -0.494 e. The topological polar surface area (TPSA) is 71.1 Å². The Kier molecular flexibility index (Phi) is 8.53. The number of carbonyl (C=O) groups is 2. The maximum atomic E-state index is 13.1. The van der Waals surface area contributed by atoms with E-state index in [0.717, 1.165) is 4.90 Å². The van der Waals surface area contributed by atoms with Crippen molar-refractivity contribution in [3.8, 4) is 5.75 Å². The fourth-order valence-corrected chi connectivity index (χ4v) is 4.11. The minimum absolute atomic E-state index is 0.151. The number of ether oxygens (including phenoxy) is 2. The van der Waals surface area contributed by atoms with Crippen LogP contribution in [0.1, 0.15) is 30.9 Å². The van der Waals surface area contributed by atoms with Crippen LogP contribution in [-0.2, 0) is 27.3 Å². The van der Waals surface area contributed by atoms with Crippen molar-refractivity contribution in [3.05, 3.63) is 53.8 Å². The van der Waals surface area contributed by atoms with Crippen LogP contribution in [0.4, 0.5) is 13.2 Å². The van der Waals surface area contributed by atoms with Crippen LogP contribution >= 0.6 is 0 Å². The lowest BCUT2D eigenvalue weighted by Crippen LogP contribution is -2.53. The van der Waals surface area contributed by atoms with E-state index >= 15 is 0 Å². The maximum absolute atomic E-state index is 13.1. The maximum Gasteiger partial charge on any atom is 0.406 e. The minimum atomic E-state index is -4.56. The van der Waals surface area contributed by atoms with Crippen LogP contribution in [-0.4, -0.2) is 68.2 Å². The zero-order valence-electron chi connectivity index (χ0n) is 19.8. The largest absolute Gasteiger partial charge is 0.494 e. The number of carbonyl (C=O) groups excluding carboxylic acids is 2. The number of halogens is 3. The molecule has 0 fully saturated rings. The van der Waals surface area contributed by atoms with Crippen molar-refractivity contribution in [1.82, 2.24) is 15.0 Å². The van der Waals surface area contributed by atoms with Crippen LogP contribution in [0.25, 0.3) is 0 Å². The molecule has 2 aliphatic rings. The van der Waals surface area contributed by atoms with Crippen molar-refractivity contribution in [2.24, 2.45) is 5.92 Å². The molecule has 11 heteroatoms. The molecular weight excluding hydrogens is 462 g/mol.